The fraction of sp³-hybridized carbons (Fsp3) is 0.667. The molecule has 0 bridgehead atoms. The van der Waals surface area contributed by atoms with Gasteiger partial charge in [-0.15, -0.1) is 0 Å². The van der Waals surface area contributed by atoms with E-state index in [1.807, 2.05) is 0 Å². The predicted molar refractivity (Wildman–Crippen MR) is 144 cm³/mol. The number of rotatable bonds is 25. The lowest BCUT2D eigenvalue weighted by Crippen LogP contribution is -2.05. The van der Waals surface area contributed by atoms with E-state index >= 15 is 0 Å². The van der Waals surface area contributed by atoms with Gasteiger partial charge in [-0.3, -0.25) is 9.59 Å². The predicted octanol–water partition coefficient (Wildman–Crippen LogP) is 8.58. The Balaban J connectivity index is 3.40. The zero-order valence-corrected chi connectivity index (χ0v) is 21.8. The molecule has 0 atom stereocenters. The van der Waals surface area contributed by atoms with Gasteiger partial charge in [0.15, 0.2) is 0 Å². The Bertz CT molecular complexity index is 560. The van der Waals surface area contributed by atoms with Crippen LogP contribution in [-0.4, -0.2) is 25.7 Å². The highest BCUT2D eigenvalue weighted by atomic mass is 16.5. The van der Waals surface area contributed by atoms with Crippen molar-refractivity contribution in [3.05, 3.63) is 48.6 Å². The third-order valence-corrected chi connectivity index (χ3v) is 5.45. The Hall–Kier alpha value is -2.10. The molecule has 0 heterocycles. The van der Waals surface area contributed by atoms with Crippen molar-refractivity contribution >= 4 is 12.4 Å². The first kappa shape index (κ1) is 31.9. The molecule has 0 unspecified atom stereocenters. The summed E-state index contributed by atoms with van der Waals surface area (Å²) < 4.78 is 9.97. The maximum atomic E-state index is 11.8. The molecule has 194 valence electrons. The maximum Gasteiger partial charge on any atom is 0.305 e. The minimum Gasteiger partial charge on any atom is -0.468 e. The molecule has 0 aliphatic heterocycles. The molecule has 0 aliphatic carbocycles. The molecular weight excluding hydrogens is 424 g/mol. The number of ether oxygens (including phenoxy) is 2. The summed E-state index contributed by atoms with van der Waals surface area (Å²) in [6, 6.07) is 0. The molecule has 0 fully saturated rings. The first-order valence-electron chi connectivity index (χ1n) is 13.6. The zero-order valence-electron chi connectivity index (χ0n) is 21.8. The summed E-state index contributed by atoms with van der Waals surface area (Å²) in [6.07, 6.45) is 35.7. The van der Waals surface area contributed by atoms with Crippen LogP contribution in [0.2, 0.25) is 0 Å². The van der Waals surface area contributed by atoms with Crippen molar-refractivity contribution in [2.75, 3.05) is 13.2 Å². The van der Waals surface area contributed by atoms with Gasteiger partial charge >= 0.3 is 5.97 Å². The van der Waals surface area contributed by atoms with E-state index in [1.54, 1.807) is 0 Å². The molecule has 0 radical (unpaired) electrons. The van der Waals surface area contributed by atoms with Gasteiger partial charge in [0, 0.05) is 6.42 Å². The monoisotopic (exact) mass is 474 g/mol. The van der Waals surface area contributed by atoms with Crippen LogP contribution in [0.25, 0.3) is 0 Å². The Morgan fingerprint density at radius 1 is 0.588 bits per heavy atom. The van der Waals surface area contributed by atoms with E-state index in [0.29, 0.717) is 26.1 Å². The Morgan fingerprint density at radius 2 is 1.09 bits per heavy atom. The lowest BCUT2D eigenvalue weighted by molar-refractivity contribution is -0.143. The summed E-state index contributed by atoms with van der Waals surface area (Å²) >= 11 is 0. The number of esters is 1. The highest BCUT2D eigenvalue weighted by Crippen LogP contribution is 2.08. The van der Waals surface area contributed by atoms with Crippen molar-refractivity contribution in [3.63, 3.8) is 0 Å². The number of allylic oxidation sites excluding steroid dienone is 8. The topological polar surface area (TPSA) is 52.6 Å². The molecule has 34 heavy (non-hydrogen) atoms. The van der Waals surface area contributed by atoms with E-state index in [4.69, 9.17) is 4.74 Å². The van der Waals surface area contributed by atoms with E-state index < -0.39 is 0 Å². The molecular formula is C30H50O4. The average molecular weight is 475 g/mol. The lowest BCUT2D eigenvalue weighted by atomic mass is 10.1. The van der Waals surface area contributed by atoms with Crippen molar-refractivity contribution in [1.29, 1.82) is 0 Å². The standard InChI is InChI=1S/C30H50O4/c1-2-3-4-5-6-7-8-9-10-11-12-13-14-15-17-20-23-26-30(32)34-28-25-22-19-16-18-21-24-27-33-29-31/h6-7,9-10,12-13,15,17,29H,2-5,8,11,14,16,18-28H2,1H3/b7-6-,10-9-,13-12-,17-15-. The molecule has 0 rings (SSSR count). The van der Waals surface area contributed by atoms with Crippen molar-refractivity contribution in [1.82, 2.24) is 0 Å². The van der Waals surface area contributed by atoms with Gasteiger partial charge in [0.1, 0.15) is 0 Å². The number of hydrogen-bond acceptors (Lipinski definition) is 4. The van der Waals surface area contributed by atoms with E-state index in [9.17, 15) is 9.59 Å². The molecule has 0 N–H and O–H groups in total. The fourth-order valence-electron chi connectivity index (χ4n) is 3.40. The summed E-state index contributed by atoms with van der Waals surface area (Å²) in [4.78, 5) is 21.8. The van der Waals surface area contributed by atoms with Gasteiger partial charge in [-0.1, -0.05) is 100 Å². The van der Waals surface area contributed by atoms with E-state index in [0.717, 1.165) is 64.2 Å². The minimum absolute atomic E-state index is 0.0777. The van der Waals surface area contributed by atoms with E-state index in [-0.39, 0.29) is 5.97 Å². The fourth-order valence-corrected chi connectivity index (χ4v) is 3.40. The number of hydrogen-bond donors (Lipinski definition) is 0. The average Bonchev–Trinajstić information content (AvgIpc) is 2.84. The Morgan fingerprint density at radius 3 is 1.65 bits per heavy atom. The first-order valence-corrected chi connectivity index (χ1v) is 13.6. The summed E-state index contributed by atoms with van der Waals surface area (Å²) in [6.45, 7) is 3.81. The number of unbranched alkanes of at least 4 members (excludes halogenated alkanes) is 10. The van der Waals surface area contributed by atoms with Crippen LogP contribution in [0.1, 0.15) is 116 Å². The Kier molecular flexibility index (Phi) is 27.1. The third-order valence-electron chi connectivity index (χ3n) is 5.45. The van der Waals surface area contributed by atoms with Crippen LogP contribution >= 0.6 is 0 Å². The quantitative estimate of drug-likeness (QED) is 0.0575. The normalized spacial score (nSPS) is 11.9. The van der Waals surface area contributed by atoms with Gasteiger partial charge in [-0.2, -0.15) is 0 Å². The third kappa shape index (κ3) is 27.9. The summed E-state index contributed by atoms with van der Waals surface area (Å²) in [7, 11) is 0. The highest BCUT2D eigenvalue weighted by molar-refractivity contribution is 5.69. The molecule has 0 aromatic heterocycles. The van der Waals surface area contributed by atoms with Crippen LogP contribution < -0.4 is 0 Å². The Labute approximate surface area is 209 Å². The first-order chi connectivity index (χ1) is 16.8. The van der Waals surface area contributed by atoms with Gasteiger partial charge in [-0.25, -0.2) is 0 Å². The SMILES string of the molecule is CCCCC/C=C\C/C=C\C/C=C\C/C=C\CCCC(=O)OCCCCCCCCCOC=O. The van der Waals surface area contributed by atoms with Crippen molar-refractivity contribution in [2.45, 2.75) is 116 Å². The molecule has 0 aliphatic rings. The molecule has 0 aromatic rings. The molecule has 4 nitrogen and oxygen atoms in total. The van der Waals surface area contributed by atoms with Crippen LogP contribution in [0, 0.1) is 0 Å². The zero-order chi connectivity index (χ0) is 24.8. The van der Waals surface area contributed by atoms with Gasteiger partial charge in [0.05, 0.1) is 13.2 Å². The van der Waals surface area contributed by atoms with E-state index in [1.165, 1.54) is 38.5 Å². The van der Waals surface area contributed by atoms with Gasteiger partial charge in [0.25, 0.3) is 6.47 Å². The number of carbonyl (C=O) groups excluding carboxylic acids is 2. The summed E-state index contributed by atoms with van der Waals surface area (Å²) in [5, 5.41) is 0. The maximum absolute atomic E-state index is 11.8. The lowest BCUT2D eigenvalue weighted by Gasteiger charge is -2.04. The van der Waals surface area contributed by atoms with Crippen molar-refractivity contribution in [3.8, 4) is 0 Å². The van der Waals surface area contributed by atoms with E-state index in [2.05, 4.69) is 60.3 Å². The molecule has 0 spiro atoms. The molecule has 0 amide bonds. The van der Waals surface area contributed by atoms with Crippen LogP contribution in [0.4, 0.5) is 0 Å². The second-order valence-electron chi connectivity index (χ2n) is 8.64. The van der Waals surface area contributed by atoms with Crippen molar-refractivity contribution < 1.29 is 19.1 Å². The second kappa shape index (κ2) is 28.9. The smallest absolute Gasteiger partial charge is 0.305 e. The van der Waals surface area contributed by atoms with Gasteiger partial charge < -0.3 is 9.47 Å². The van der Waals surface area contributed by atoms with Gasteiger partial charge in [0.2, 0.25) is 0 Å². The van der Waals surface area contributed by atoms with Crippen LogP contribution in [0.15, 0.2) is 48.6 Å². The highest BCUT2D eigenvalue weighted by Gasteiger charge is 2.01. The van der Waals surface area contributed by atoms with Gasteiger partial charge in [-0.05, 0) is 57.8 Å². The van der Waals surface area contributed by atoms with Crippen LogP contribution in [0.3, 0.4) is 0 Å². The molecule has 0 saturated carbocycles. The van der Waals surface area contributed by atoms with Crippen molar-refractivity contribution in [2.24, 2.45) is 0 Å². The minimum atomic E-state index is -0.0777. The van der Waals surface area contributed by atoms with Crippen LogP contribution in [0.5, 0.6) is 0 Å². The summed E-state index contributed by atoms with van der Waals surface area (Å²) in [5.41, 5.74) is 0. The molecule has 4 heteroatoms. The van der Waals surface area contributed by atoms with Crippen LogP contribution in [-0.2, 0) is 19.1 Å². The second-order valence-corrected chi connectivity index (χ2v) is 8.64. The summed E-state index contributed by atoms with van der Waals surface area (Å²) in [5.74, 6) is -0.0777. The molecule has 0 saturated heterocycles. The largest absolute Gasteiger partial charge is 0.468 e. The number of carbonyl (C=O) groups is 2. The molecule has 0 aromatic carbocycles.